The largest absolute Gasteiger partial charge is 0.389 e. The van der Waals surface area contributed by atoms with Gasteiger partial charge in [-0.1, -0.05) is 25.2 Å². The highest BCUT2D eigenvalue weighted by atomic mass is 32.1. The van der Waals surface area contributed by atoms with Crippen LogP contribution in [0, 0.1) is 5.41 Å². The Balaban J connectivity index is 1.96. The Labute approximate surface area is 81.0 Å². The molecular formula is C8H13N3OS. The summed E-state index contributed by atoms with van der Waals surface area (Å²) in [6, 6.07) is 0.520. The van der Waals surface area contributed by atoms with Crippen LogP contribution in [0.5, 0.6) is 0 Å². The second-order valence-corrected chi connectivity index (χ2v) is 5.11. The first-order valence-electron chi connectivity index (χ1n) is 4.31. The Bertz CT molecular complexity index is 310. The van der Waals surface area contributed by atoms with E-state index in [2.05, 4.69) is 29.4 Å². The first-order valence-corrected chi connectivity index (χ1v) is 5.13. The summed E-state index contributed by atoms with van der Waals surface area (Å²) in [5, 5.41) is 21.3. The van der Waals surface area contributed by atoms with Crippen LogP contribution in [0.4, 0.5) is 5.13 Å². The summed E-state index contributed by atoms with van der Waals surface area (Å²) in [4.78, 5) is 0. The van der Waals surface area contributed by atoms with Gasteiger partial charge in [0.2, 0.25) is 5.13 Å². The molecule has 2 N–H and O–H groups in total. The lowest BCUT2D eigenvalue weighted by atomic mass is 10.2. The zero-order valence-electron chi connectivity index (χ0n) is 7.74. The van der Waals surface area contributed by atoms with Crippen molar-refractivity contribution in [2.75, 3.05) is 5.32 Å². The number of hydrogen-bond acceptors (Lipinski definition) is 5. The predicted octanol–water partition coefficient (Wildman–Crippen LogP) is 1.24. The number of aromatic nitrogens is 2. The van der Waals surface area contributed by atoms with Gasteiger partial charge in [-0.3, -0.25) is 0 Å². The van der Waals surface area contributed by atoms with Gasteiger partial charge in [0, 0.05) is 6.04 Å². The summed E-state index contributed by atoms with van der Waals surface area (Å²) in [6.45, 7) is 4.42. The van der Waals surface area contributed by atoms with Crippen LogP contribution in [0.2, 0.25) is 0 Å². The Morgan fingerprint density at radius 3 is 2.77 bits per heavy atom. The number of hydrogen-bond donors (Lipinski definition) is 2. The second kappa shape index (κ2) is 2.92. The molecule has 1 saturated carbocycles. The van der Waals surface area contributed by atoms with E-state index in [-0.39, 0.29) is 6.61 Å². The van der Waals surface area contributed by atoms with Crippen LogP contribution in [0.15, 0.2) is 0 Å². The van der Waals surface area contributed by atoms with E-state index in [1.165, 1.54) is 17.8 Å². The minimum absolute atomic E-state index is 0.0204. The van der Waals surface area contributed by atoms with Crippen molar-refractivity contribution in [2.45, 2.75) is 32.9 Å². The Kier molecular flexibility index (Phi) is 2.00. The standard InChI is InChI=1S/C8H13N3OS/c1-8(2)3-5(8)9-7-11-10-6(4-12)13-7/h5,12H,3-4H2,1-2H3,(H,9,11). The van der Waals surface area contributed by atoms with E-state index < -0.39 is 0 Å². The lowest BCUT2D eigenvalue weighted by molar-refractivity contribution is 0.280. The molecule has 13 heavy (non-hydrogen) atoms. The van der Waals surface area contributed by atoms with Crippen LogP contribution < -0.4 is 5.32 Å². The molecule has 0 amide bonds. The Hall–Kier alpha value is -0.680. The van der Waals surface area contributed by atoms with Crippen LogP contribution >= 0.6 is 11.3 Å². The second-order valence-electron chi connectivity index (χ2n) is 4.05. The SMILES string of the molecule is CC1(C)CC1Nc1nnc(CO)s1. The molecule has 1 aromatic rings. The summed E-state index contributed by atoms with van der Waals surface area (Å²) in [5.74, 6) is 0. The van der Waals surface area contributed by atoms with Crippen LogP contribution in [-0.2, 0) is 6.61 Å². The third-order valence-electron chi connectivity index (χ3n) is 2.41. The fraction of sp³-hybridized carbons (Fsp3) is 0.750. The maximum Gasteiger partial charge on any atom is 0.205 e. The van der Waals surface area contributed by atoms with E-state index in [1.54, 1.807) is 0 Å². The number of aliphatic hydroxyl groups is 1. The molecule has 0 saturated heterocycles. The van der Waals surface area contributed by atoms with Crippen LogP contribution in [0.25, 0.3) is 0 Å². The number of nitrogens with zero attached hydrogens (tertiary/aromatic N) is 2. The summed E-state index contributed by atoms with van der Waals surface area (Å²) < 4.78 is 0. The van der Waals surface area contributed by atoms with Crippen molar-refractivity contribution in [3.8, 4) is 0 Å². The lowest BCUT2D eigenvalue weighted by Crippen LogP contribution is -2.07. The van der Waals surface area contributed by atoms with Crippen LogP contribution in [0.3, 0.4) is 0 Å². The van der Waals surface area contributed by atoms with Crippen LogP contribution in [0.1, 0.15) is 25.3 Å². The summed E-state index contributed by atoms with van der Waals surface area (Å²) in [6.07, 6.45) is 1.18. The molecule has 0 radical (unpaired) electrons. The first kappa shape index (κ1) is 8.90. The maximum absolute atomic E-state index is 8.78. The van der Waals surface area contributed by atoms with Gasteiger partial charge in [-0.15, -0.1) is 10.2 Å². The molecule has 0 aliphatic heterocycles. The molecule has 1 atom stereocenters. The molecule has 0 aromatic carbocycles. The predicted molar refractivity (Wildman–Crippen MR) is 51.6 cm³/mol. The van der Waals surface area contributed by atoms with E-state index in [0.29, 0.717) is 16.5 Å². The van der Waals surface area contributed by atoms with E-state index in [4.69, 9.17) is 5.11 Å². The molecule has 4 nitrogen and oxygen atoms in total. The zero-order valence-corrected chi connectivity index (χ0v) is 8.56. The first-order chi connectivity index (χ1) is 6.12. The van der Waals surface area contributed by atoms with E-state index in [9.17, 15) is 0 Å². The molecule has 1 aliphatic rings. The highest BCUT2D eigenvalue weighted by Gasteiger charge is 2.46. The zero-order chi connectivity index (χ0) is 9.47. The fourth-order valence-electron chi connectivity index (χ4n) is 1.24. The van der Waals surface area contributed by atoms with Gasteiger partial charge in [0.05, 0.1) is 6.61 Å². The molecule has 1 aliphatic carbocycles. The highest BCUT2D eigenvalue weighted by Crippen LogP contribution is 2.46. The number of anilines is 1. The maximum atomic E-state index is 8.78. The molecule has 1 unspecified atom stereocenters. The fourth-order valence-corrected chi connectivity index (χ4v) is 1.89. The lowest BCUT2D eigenvalue weighted by Gasteiger charge is -2.02. The normalized spacial score (nSPS) is 24.4. The van der Waals surface area contributed by atoms with Gasteiger partial charge in [0.25, 0.3) is 0 Å². The minimum atomic E-state index is -0.0204. The summed E-state index contributed by atoms with van der Waals surface area (Å²) in [7, 11) is 0. The van der Waals surface area contributed by atoms with Crippen molar-refractivity contribution in [1.82, 2.24) is 10.2 Å². The number of aliphatic hydroxyl groups excluding tert-OH is 1. The molecule has 1 heterocycles. The molecular weight excluding hydrogens is 186 g/mol. The topological polar surface area (TPSA) is 58.0 Å². The molecule has 72 valence electrons. The number of rotatable bonds is 3. The molecule has 1 aromatic heterocycles. The third-order valence-corrected chi connectivity index (χ3v) is 3.25. The number of nitrogens with one attached hydrogen (secondary N) is 1. The van der Waals surface area contributed by atoms with Gasteiger partial charge in [0.1, 0.15) is 5.01 Å². The molecule has 0 bridgehead atoms. The van der Waals surface area contributed by atoms with E-state index in [1.807, 2.05) is 0 Å². The van der Waals surface area contributed by atoms with Gasteiger partial charge in [-0.25, -0.2) is 0 Å². The van der Waals surface area contributed by atoms with Crippen molar-refractivity contribution in [3.63, 3.8) is 0 Å². The summed E-state index contributed by atoms with van der Waals surface area (Å²) >= 11 is 1.42. The Morgan fingerprint density at radius 1 is 1.62 bits per heavy atom. The van der Waals surface area contributed by atoms with Gasteiger partial charge >= 0.3 is 0 Å². The average Bonchev–Trinajstić information content (AvgIpc) is 2.48. The van der Waals surface area contributed by atoms with Gasteiger partial charge in [-0.05, 0) is 11.8 Å². The van der Waals surface area contributed by atoms with Gasteiger partial charge < -0.3 is 10.4 Å². The third kappa shape index (κ3) is 1.81. The van der Waals surface area contributed by atoms with Gasteiger partial charge in [0.15, 0.2) is 0 Å². The van der Waals surface area contributed by atoms with Crippen molar-refractivity contribution in [2.24, 2.45) is 5.41 Å². The van der Waals surface area contributed by atoms with Crippen molar-refractivity contribution < 1.29 is 5.11 Å². The van der Waals surface area contributed by atoms with Crippen molar-refractivity contribution in [3.05, 3.63) is 5.01 Å². The van der Waals surface area contributed by atoms with E-state index >= 15 is 0 Å². The van der Waals surface area contributed by atoms with Crippen molar-refractivity contribution >= 4 is 16.5 Å². The highest BCUT2D eigenvalue weighted by molar-refractivity contribution is 7.15. The molecule has 5 heteroatoms. The molecule has 0 spiro atoms. The smallest absolute Gasteiger partial charge is 0.205 e. The average molecular weight is 199 g/mol. The van der Waals surface area contributed by atoms with Gasteiger partial charge in [-0.2, -0.15) is 0 Å². The molecule has 2 rings (SSSR count). The van der Waals surface area contributed by atoms with Crippen molar-refractivity contribution in [1.29, 1.82) is 0 Å². The quantitative estimate of drug-likeness (QED) is 0.769. The monoisotopic (exact) mass is 199 g/mol. The summed E-state index contributed by atoms with van der Waals surface area (Å²) in [5.41, 5.74) is 0.394. The van der Waals surface area contributed by atoms with E-state index in [0.717, 1.165) is 5.13 Å². The van der Waals surface area contributed by atoms with Crippen LogP contribution in [-0.4, -0.2) is 21.3 Å². The Morgan fingerprint density at radius 2 is 2.31 bits per heavy atom. The molecule has 1 fully saturated rings. The minimum Gasteiger partial charge on any atom is -0.389 e.